The summed E-state index contributed by atoms with van der Waals surface area (Å²) >= 11 is 0. The van der Waals surface area contributed by atoms with Gasteiger partial charge >= 0.3 is 0 Å². The molecule has 8 heteroatoms. The number of nitrogens with one attached hydrogen (secondary N) is 1. The lowest BCUT2D eigenvalue weighted by Crippen LogP contribution is -2.38. The first kappa shape index (κ1) is 19.3. The minimum atomic E-state index is -0.230. The molecular weight excluding hydrogens is 410 g/mol. The Morgan fingerprint density at radius 3 is 2.48 bits per heavy atom. The molecule has 1 aromatic carbocycles. The van der Waals surface area contributed by atoms with Crippen molar-refractivity contribution in [3.05, 3.63) is 47.3 Å². The number of halogens is 2. The zero-order valence-corrected chi connectivity index (χ0v) is 16.1. The predicted octanol–water partition coefficient (Wildman–Crippen LogP) is 2.09. The lowest BCUT2D eigenvalue weighted by Gasteiger charge is -2.22. The first-order chi connectivity index (χ1) is 10.5. The SMILES string of the molecule is CN=C(NCc1nnc(C)n1C)N(C)Cc1ccc(F)cc1.I. The van der Waals surface area contributed by atoms with Crippen LogP contribution in [0, 0.1) is 12.7 Å². The van der Waals surface area contributed by atoms with Gasteiger partial charge in [0.25, 0.3) is 0 Å². The van der Waals surface area contributed by atoms with Gasteiger partial charge in [-0.25, -0.2) is 4.39 Å². The fraction of sp³-hybridized carbons (Fsp3) is 0.400. The molecule has 23 heavy (non-hydrogen) atoms. The van der Waals surface area contributed by atoms with E-state index in [-0.39, 0.29) is 29.8 Å². The van der Waals surface area contributed by atoms with Crippen molar-refractivity contribution in [3.8, 4) is 0 Å². The van der Waals surface area contributed by atoms with Gasteiger partial charge in [-0.1, -0.05) is 12.1 Å². The maximum atomic E-state index is 12.9. The Bertz CT molecular complexity index is 652. The van der Waals surface area contributed by atoms with E-state index in [1.165, 1.54) is 12.1 Å². The quantitative estimate of drug-likeness (QED) is 0.457. The molecule has 0 aliphatic rings. The van der Waals surface area contributed by atoms with Gasteiger partial charge in [0.2, 0.25) is 0 Å². The van der Waals surface area contributed by atoms with E-state index >= 15 is 0 Å². The molecule has 2 rings (SSSR count). The molecule has 0 atom stereocenters. The summed E-state index contributed by atoms with van der Waals surface area (Å²) in [6.07, 6.45) is 0. The molecule has 0 amide bonds. The fourth-order valence-electron chi connectivity index (χ4n) is 2.09. The third-order valence-electron chi connectivity index (χ3n) is 3.49. The number of hydrogen-bond acceptors (Lipinski definition) is 3. The summed E-state index contributed by atoms with van der Waals surface area (Å²) < 4.78 is 14.9. The van der Waals surface area contributed by atoms with Crippen LogP contribution in [-0.4, -0.2) is 39.7 Å². The Balaban J connectivity index is 0.00000264. The highest BCUT2D eigenvalue weighted by atomic mass is 127. The molecule has 0 aliphatic heterocycles. The molecule has 0 bridgehead atoms. The number of aryl methyl sites for hydroxylation is 1. The summed E-state index contributed by atoms with van der Waals surface area (Å²) in [5, 5.41) is 11.4. The van der Waals surface area contributed by atoms with E-state index in [0.29, 0.717) is 13.1 Å². The molecule has 0 fully saturated rings. The summed E-state index contributed by atoms with van der Waals surface area (Å²) in [4.78, 5) is 6.22. The molecule has 0 saturated carbocycles. The Kier molecular flexibility index (Phi) is 7.40. The van der Waals surface area contributed by atoms with Crippen LogP contribution in [0.4, 0.5) is 4.39 Å². The second kappa shape index (κ2) is 8.80. The Labute approximate surface area is 152 Å². The van der Waals surface area contributed by atoms with Gasteiger partial charge in [0, 0.05) is 27.7 Å². The van der Waals surface area contributed by atoms with Gasteiger partial charge in [0.05, 0.1) is 6.54 Å². The lowest BCUT2D eigenvalue weighted by atomic mass is 10.2. The first-order valence-electron chi connectivity index (χ1n) is 7.02. The average molecular weight is 432 g/mol. The lowest BCUT2D eigenvalue weighted by molar-refractivity contribution is 0.473. The fourth-order valence-corrected chi connectivity index (χ4v) is 2.09. The normalized spacial score (nSPS) is 11.1. The topological polar surface area (TPSA) is 58.3 Å². The van der Waals surface area contributed by atoms with Crippen molar-refractivity contribution in [2.24, 2.45) is 12.0 Å². The molecule has 0 aliphatic carbocycles. The number of benzene rings is 1. The van der Waals surface area contributed by atoms with Crippen molar-refractivity contribution in [3.63, 3.8) is 0 Å². The van der Waals surface area contributed by atoms with Crippen LogP contribution in [0.1, 0.15) is 17.2 Å². The summed E-state index contributed by atoms with van der Waals surface area (Å²) in [5.41, 5.74) is 1.02. The van der Waals surface area contributed by atoms with Gasteiger partial charge in [0.15, 0.2) is 11.8 Å². The van der Waals surface area contributed by atoms with E-state index < -0.39 is 0 Å². The molecule has 1 aromatic heterocycles. The van der Waals surface area contributed by atoms with Crippen LogP contribution in [0.3, 0.4) is 0 Å². The first-order valence-corrected chi connectivity index (χ1v) is 7.02. The average Bonchev–Trinajstić information content (AvgIpc) is 2.82. The largest absolute Gasteiger partial charge is 0.349 e. The van der Waals surface area contributed by atoms with Crippen molar-refractivity contribution < 1.29 is 4.39 Å². The number of aliphatic imine (C=N–C) groups is 1. The molecule has 6 nitrogen and oxygen atoms in total. The molecule has 1 heterocycles. The third-order valence-corrected chi connectivity index (χ3v) is 3.49. The predicted molar refractivity (Wildman–Crippen MR) is 99.2 cm³/mol. The minimum absolute atomic E-state index is 0. The summed E-state index contributed by atoms with van der Waals surface area (Å²) in [5.74, 6) is 2.22. The van der Waals surface area contributed by atoms with Gasteiger partial charge < -0.3 is 14.8 Å². The van der Waals surface area contributed by atoms with Crippen molar-refractivity contribution in [1.82, 2.24) is 25.0 Å². The van der Waals surface area contributed by atoms with Gasteiger partial charge in [-0.2, -0.15) is 0 Å². The van der Waals surface area contributed by atoms with Gasteiger partial charge in [-0.15, -0.1) is 34.2 Å². The van der Waals surface area contributed by atoms with Gasteiger partial charge in [-0.05, 0) is 24.6 Å². The van der Waals surface area contributed by atoms with Crippen LogP contribution in [0.5, 0.6) is 0 Å². The molecular formula is C15H22FIN6. The summed E-state index contributed by atoms with van der Waals surface area (Å²) in [6.45, 7) is 3.08. The zero-order chi connectivity index (χ0) is 16.1. The van der Waals surface area contributed by atoms with Crippen LogP contribution < -0.4 is 5.32 Å². The van der Waals surface area contributed by atoms with Crippen LogP contribution in [0.25, 0.3) is 0 Å². The smallest absolute Gasteiger partial charge is 0.194 e. The number of nitrogens with zero attached hydrogens (tertiary/aromatic N) is 5. The van der Waals surface area contributed by atoms with E-state index in [0.717, 1.165) is 23.2 Å². The Morgan fingerprint density at radius 1 is 1.30 bits per heavy atom. The van der Waals surface area contributed by atoms with Crippen molar-refractivity contribution in [2.75, 3.05) is 14.1 Å². The number of rotatable bonds is 4. The van der Waals surface area contributed by atoms with Crippen LogP contribution >= 0.6 is 24.0 Å². The molecule has 0 radical (unpaired) electrons. The molecule has 126 valence electrons. The van der Waals surface area contributed by atoms with Crippen LogP contribution in [0.2, 0.25) is 0 Å². The molecule has 0 saturated heterocycles. The van der Waals surface area contributed by atoms with E-state index in [4.69, 9.17) is 0 Å². The van der Waals surface area contributed by atoms with Crippen molar-refractivity contribution in [1.29, 1.82) is 0 Å². The molecule has 2 aromatic rings. The maximum Gasteiger partial charge on any atom is 0.194 e. The maximum absolute atomic E-state index is 12.9. The molecule has 1 N–H and O–H groups in total. The number of aromatic nitrogens is 3. The van der Waals surface area contributed by atoms with E-state index in [2.05, 4.69) is 20.5 Å². The van der Waals surface area contributed by atoms with Crippen LogP contribution in [0.15, 0.2) is 29.3 Å². The third kappa shape index (κ3) is 5.15. The minimum Gasteiger partial charge on any atom is -0.349 e. The highest BCUT2D eigenvalue weighted by molar-refractivity contribution is 14.0. The van der Waals surface area contributed by atoms with E-state index in [9.17, 15) is 4.39 Å². The van der Waals surface area contributed by atoms with Gasteiger partial charge in [-0.3, -0.25) is 4.99 Å². The standard InChI is InChI=1S/C15H21FN6.HI/c1-11-19-20-14(22(11)4)9-18-15(17-2)21(3)10-12-5-7-13(16)8-6-12;/h5-8H,9-10H2,1-4H3,(H,17,18);1H. The second-order valence-corrected chi connectivity index (χ2v) is 5.11. The van der Waals surface area contributed by atoms with Gasteiger partial charge in [0.1, 0.15) is 11.6 Å². The Hall–Kier alpha value is -1.71. The van der Waals surface area contributed by atoms with E-state index in [1.807, 2.05) is 30.5 Å². The zero-order valence-electron chi connectivity index (χ0n) is 13.7. The Morgan fingerprint density at radius 2 is 1.96 bits per heavy atom. The number of hydrogen-bond donors (Lipinski definition) is 1. The highest BCUT2D eigenvalue weighted by Crippen LogP contribution is 2.06. The van der Waals surface area contributed by atoms with E-state index in [1.54, 1.807) is 19.2 Å². The van der Waals surface area contributed by atoms with Crippen molar-refractivity contribution in [2.45, 2.75) is 20.0 Å². The second-order valence-electron chi connectivity index (χ2n) is 5.11. The van der Waals surface area contributed by atoms with Crippen LogP contribution in [-0.2, 0) is 20.1 Å². The summed E-state index contributed by atoms with van der Waals surface area (Å²) in [6, 6.07) is 6.46. The van der Waals surface area contributed by atoms with Crippen molar-refractivity contribution >= 4 is 29.9 Å². The summed E-state index contributed by atoms with van der Waals surface area (Å²) in [7, 11) is 5.59. The molecule has 0 spiro atoms. The molecule has 0 unspecified atom stereocenters. The highest BCUT2D eigenvalue weighted by Gasteiger charge is 2.09. The number of guanidine groups is 1. The monoisotopic (exact) mass is 432 g/mol.